The summed E-state index contributed by atoms with van der Waals surface area (Å²) in [6, 6.07) is 4.19. The van der Waals surface area contributed by atoms with Gasteiger partial charge in [-0.1, -0.05) is 11.6 Å². The highest BCUT2D eigenvalue weighted by Gasteiger charge is 2.34. The van der Waals surface area contributed by atoms with Gasteiger partial charge in [0.05, 0.1) is 31.5 Å². The van der Waals surface area contributed by atoms with Crippen molar-refractivity contribution in [3.05, 3.63) is 34.5 Å². The number of carbonyl (C=O) groups is 2. The first-order chi connectivity index (χ1) is 12.4. The van der Waals surface area contributed by atoms with Crippen LogP contribution in [-0.4, -0.2) is 61.7 Å². The van der Waals surface area contributed by atoms with E-state index in [4.69, 9.17) is 21.4 Å². The summed E-state index contributed by atoms with van der Waals surface area (Å²) in [4.78, 5) is 25.7. The lowest BCUT2D eigenvalue weighted by atomic mass is 10.2. The van der Waals surface area contributed by atoms with Gasteiger partial charge in [-0.15, -0.1) is 0 Å². The van der Waals surface area contributed by atoms with E-state index in [-0.39, 0.29) is 47.4 Å². The van der Waals surface area contributed by atoms with Gasteiger partial charge in [0, 0.05) is 11.6 Å². The fourth-order valence-electron chi connectivity index (χ4n) is 2.36. The highest BCUT2D eigenvalue weighted by Crippen LogP contribution is 2.32. The normalized spacial score (nSPS) is 14.2. The van der Waals surface area contributed by atoms with Crippen LogP contribution < -0.4 is 10.1 Å². The monoisotopic (exact) mass is 390 g/mol. The molecule has 1 aliphatic heterocycles. The maximum atomic E-state index is 12.5. The van der Waals surface area contributed by atoms with E-state index in [1.807, 2.05) is 0 Å². The summed E-state index contributed by atoms with van der Waals surface area (Å²) >= 11 is 5.93. The molecular weight excluding hydrogens is 374 g/mol. The van der Waals surface area contributed by atoms with E-state index in [0.29, 0.717) is 0 Å². The summed E-state index contributed by atoms with van der Waals surface area (Å²) in [5.74, 6) is -1.22. The van der Waals surface area contributed by atoms with Crippen LogP contribution in [0.25, 0.3) is 0 Å². The highest BCUT2D eigenvalue weighted by molar-refractivity contribution is 6.31. The fraction of sp³-hybridized carbons (Fsp3) is 0.375. The lowest BCUT2D eigenvalue weighted by Crippen LogP contribution is -2.31. The number of halogens is 3. The molecule has 0 saturated carbocycles. The Kier molecular flexibility index (Phi) is 6.76. The van der Waals surface area contributed by atoms with E-state index in [9.17, 15) is 18.4 Å². The van der Waals surface area contributed by atoms with Gasteiger partial charge >= 0.3 is 5.97 Å². The van der Waals surface area contributed by atoms with E-state index in [0.717, 1.165) is 0 Å². The third kappa shape index (κ3) is 4.61. The second-order valence-electron chi connectivity index (χ2n) is 5.26. The molecule has 7 nitrogen and oxygen atoms in total. The molecule has 0 radical (unpaired) electrons. The van der Waals surface area contributed by atoms with Crippen molar-refractivity contribution in [3.8, 4) is 5.75 Å². The van der Waals surface area contributed by atoms with Gasteiger partial charge in [-0.2, -0.15) is 0 Å². The highest BCUT2D eigenvalue weighted by atomic mass is 35.5. The molecule has 1 aromatic rings. The number of hydrogen-bond donors (Lipinski definition) is 2. The molecule has 0 spiro atoms. The summed E-state index contributed by atoms with van der Waals surface area (Å²) in [7, 11) is 1.17. The van der Waals surface area contributed by atoms with Crippen LogP contribution in [-0.2, 0) is 14.3 Å². The Morgan fingerprint density at radius 3 is 2.81 bits per heavy atom. The second kappa shape index (κ2) is 8.81. The molecule has 0 aliphatic carbocycles. The predicted octanol–water partition coefficient (Wildman–Crippen LogP) is 1.66. The average molecular weight is 391 g/mol. The van der Waals surface area contributed by atoms with Gasteiger partial charge in [-0.3, -0.25) is 4.79 Å². The Labute approximate surface area is 153 Å². The molecule has 26 heavy (non-hydrogen) atoms. The van der Waals surface area contributed by atoms with Crippen molar-refractivity contribution in [1.82, 2.24) is 4.90 Å². The molecular formula is C16H17ClF2N2O5. The molecule has 2 rings (SSSR count). The van der Waals surface area contributed by atoms with Crippen LogP contribution in [0.5, 0.6) is 5.75 Å². The van der Waals surface area contributed by atoms with Gasteiger partial charge in [0.1, 0.15) is 18.1 Å². The van der Waals surface area contributed by atoms with E-state index in [1.165, 1.54) is 30.2 Å². The minimum atomic E-state index is -2.68. The molecule has 0 atom stereocenters. The van der Waals surface area contributed by atoms with Crippen LogP contribution in [0, 0.1) is 0 Å². The third-order valence-corrected chi connectivity index (χ3v) is 3.75. The molecule has 0 bridgehead atoms. The minimum Gasteiger partial charge on any atom is -0.485 e. The standard InChI is InChI=1S/C16H17ClF2N2O5/c1-25-16(24)10-7-21(4-5-22)15(23)14(10)20-11-6-9(17)2-3-12(11)26-8-13(18)19/h2-3,6,13,20,22H,4-5,7-8H2,1H3. The Balaban J connectivity index is 2.35. The number of esters is 1. The molecule has 0 aromatic heterocycles. The van der Waals surface area contributed by atoms with Crippen molar-refractivity contribution >= 4 is 29.2 Å². The first-order valence-electron chi connectivity index (χ1n) is 7.56. The topological polar surface area (TPSA) is 88.1 Å². The van der Waals surface area contributed by atoms with Crippen molar-refractivity contribution < 1.29 is 33.0 Å². The summed E-state index contributed by atoms with van der Waals surface area (Å²) in [5, 5.41) is 12.0. The number of amides is 1. The van der Waals surface area contributed by atoms with Crippen LogP contribution in [0.2, 0.25) is 5.02 Å². The molecule has 1 aromatic carbocycles. The summed E-state index contributed by atoms with van der Waals surface area (Å²) in [6.45, 7) is -1.16. The van der Waals surface area contributed by atoms with Crippen LogP contribution in [0.3, 0.4) is 0 Å². The largest absolute Gasteiger partial charge is 0.485 e. The number of nitrogens with one attached hydrogen (secondary N) is 1. The van der Waals surface area contributed by atoms with Gasteiger partial charge in [0.25, 0.3) is 12.3 Å². The number of ether oxygens (including phenoxy) is 2. The molecule has 1 heterocycles. The van der Waals surface area contributed by atoms with Gasteiger partial charge in [0.15, 0.2) is 0 Å². The molecule has 1 aliphatic rings. The maximum Gasteiger partial charge on any atom is 0.337 e. The van der Waals surface area contributed by atoms with Crippen molar-refractivity contribution in [2.75, 3.05) is 38.7 Å². The number of aliphatic hydroxyl groups excluding tert-OH is 1. The van der Waals surface area contributed by atoms with Crippen LogP contribution >= 0.6 is 11.6 Å². The average Bonchev–Trinajstić information content (AvgIpc) is 2.90. The first-order valence-corrected chi connectivity index (χ1v) is 7.94. The van der Waals surface area contributed by atoms with Gasteiger partial charge in [0.2, 0.25) is 0 Å². The minimum absolute atomic E-state index is 0.0226. The zero-order valence-electron chi connectivity index (χ0n) is 13.8. The van der Waals surface area contributed by atoms with Crippen molar-refractivity contribution in [2.45, 2.75) is 6.43 Å². The van der Waals surface area contributed by atoms with Gasteiger partial charge in [-0.05, 0) is 18.2 Å². The Morgan fingerprint density at radius 1 is 1.46 bits per heavy atom. The summed E-state index contributed by atoms with van der Waals surface area (Å²) in [5.41, 5.74) is 0.106. The second-order valence-corrected chi connectivity index (χ2v) is 5.70. The van der Waals surface area contributed by atoms with Crippen LogP contribution in [0.4, 0.5) is 14.5 Å². The SMILES string of the molecule is COC(=O)C1=C(Nc2cc(Cl)ccc2OCC(F)F)C(=O)N(CCO)C1. The first kappa shape index (κ1) is 19.9. The third-order valence-electron chi connectivity index (χ3n) is 3.52. The quantitative estimate of drug-likeness (QED) is 0.656. The zero-order chi connectivity index (χ0) is 19.3. The summed E-state index contributed by atoms with van der Waals surface area (Å²) in [6.07, 6.45) is -2.68. The molecule has 0 fully saturated rings. The zero-order valence-corrected chi connectivity index (χ0v) is 14.6. The number of nitrogens with zero attached hydrogens (tertiary/aromatic N) is 1. The van der Waals surface area contributed by atoms with Gasteiger partial charge < -0.3 is 24.8 Å². The van der Waals surface area contributed by atoms with E-state index in [2.05, 4.69) is 10.1 Å². The van der Waals surface area contributed by atoms with Crippen molar-refractivity contribution in [1.29, 1.82) is 0 Å². The predicted molar refractivity (Wildman–Crippen MR) is 89.3 cm³/mol. The number of rotatable bonds is 8. The molecule has 0 unspecified atom stereocenters. The van der Waals surface area contributed by atoms with E-state index in [1.54, 1.807) is 0 Å². The number of β-amino-alcohol motifs (C(OH)–C–C–N with tert-alkyl or cyclic N) is 1. The van der Waals surface area contributed by atoms with Crippen LogP contribution in [0.1, 0.15) is 0 Å². The molecule has 0 saturated heterocycles. The fourth-order valence-corrected chi connectivity index (χ4v) is 2.53. The van der Waals surface area contributed by atoms with Gasteiger partial charge in [-0.25, -0.2) is 13.6 Å². The van der Waals surface area contributed by atoms with Crippen molar-refractivity contribution in [3.63, 3.8) is 0 Å². The Bertz CT molecular complexity index is 727. The molecule has 142 valence electrons. The van der Waals surface area contributed by atoms with E-state index < -0.39 is 24.9 Å². The number of benzene rings is 1. The molecule has 2 N–H and O–H groups in total. The number of carbonyl (C=O) groups excluding carboxylic acids is 2. The smallest absolute Gasteiger partial charge is 0.337 e. The Hall–Kier alpha value is -2.39. The lowest BCUT2D eigenvalue weighted by molar-refractivity contribution is -0.136. The Morgan fingerprint density at radius 2 is 2.19 bits per heavy atom. The van der Waals surface area contributed by atoms with Crippen LogP contribution in [0.15, 0.2) is 29.5 Å². The summed E-state index contributed by atoms with van der Waals surface area (Å²) < 4.78 is 34.5. The number of anilines is 1. The maximum absolute atomic E-state index is 12.5. The molecule has 10 heteroatoms. The number of hydrogen-bond acceptors (Lipinski definition) is 6. The van der Waals surface area contributed by atoms with E-state index >= 15 is 0 Å². The number of alkyl halides is 2. The van der Waals surface area contributed by atoms with Crippen molar-refractivity contribution in [2.24, 2.45) is 0 Å². The lowest BCUT2D eigenvalue weighted by Gasteiger charge is -2.16. The number of aliphatic hydroxyl groups is 1. The number of methoxy groups -OCH3 is 1. The molecule has 1 amide bonds.